The van der Waals surface area contributed by atoms with Crippen molar-refractivity contribution in [1.82, 2.24) is 14.7 Å². The predicted molar refractivity (Wildman–Crippen MR) is 118 cm³/mol. The summed E-state index contributed by atoms with van der Waals surface area (Å²) in [5.41, 5.74) is 3.89. The van der Waals surface area contributed by atoms with Gasteiger partial charge in [-0.05, 0) is 44.5 Å². The Bertz CT molecular complexity index is 1150. The van der Waals surface area contributed by atoms with Gasteiger partial charge < -0.3 is 4.90 Å². The molecule has 30 heavy (non-hydrogen) atoms. The summed E-state index contributed by atoms with van der Waals surface area (Å²) < 4.78 is 27.1. The van der Waals surface area contributed by atoms with E-state index in [1.54, 1.807) is 30.1 Å². The number of carbonyl (C=O) groups excluding carboxylic acids is 1. The minimum Gasteiger partial charge on any atom is -0.337 e. The molecule has 0 aliphatic heterocycles. The summed E-state index contributed by atoms with van der Waals surface area (Å²) in [7, 11) is -1.82. The first-order chi connectivity index (χ1) is 14.3. The highest BCUT2D eigenvalue weighted by molar-refractivity contribution is 7.91. The van der Waals surface area contributed by atoms with Crippen LogP contribution in [0, 0.1) is 13.8 Å². The quantitative estimate of drug-likeness (QED) is 0.575. The zero-order chi connectivity index (χ0) is 21.9. The normalized spacial score (nSPS) is 11.5. The van der Waals surface area contributed by atoms with Crippen LogP contribution in [0.25, 0.3) is 5.69 Å². The summed E-state index contributed by atoms with van der Waals surface area (Å²) >= 11 is 0. The third kappa shape index (κ3) is 4.31. The van der Waals surface area contributed by atoms with Gasteiger partial charge in [-0.3, -0.25) is 4.79 Å². The van der Waals surface area contributed by atoms with Gasteiger partial charge in [0.2, 0.25) is 0 Å². The van der Waals surface area contributed by atoms with Crippen molar-refractivity contribution in [3.05, 3.63) is 77.1 Å². The molecule has 0 spiro atoms. The second-order valence-corrected chi connectivity index (χ2v) is 9.45. The molecular formula is C23H27N3O3S. The van der Waals surface area contributed by atoms with Crippen LogP contribution in [0.5, 0.6) is 0 Å². The van der Waals surface area contributed by atoms with E-state index < -0.39 is 9.84 Å². The van der Waals surface area contributed by atoms with E-state index in [-0.39, 0.29) is 22.1 Å². The van der Waals surface area contributed by atoms with Crippen molar-refractivity contribution in [3.8, 4) is 5.69 Å². The summed E-state index contributed by atoms with van der Waals surface area (Å²) in [5.74, 6) is -0.306. The van der Waals surface area contributed by atoms with Gasteiger partial charge in [-0.25, -0.2) is 13.1 Å². The molecule has 1 aromatic heterocycles. The van der Waals surface area contributed by atoms with E-state index in [0.717, 1.165) is 22.6 Å². The van der Waals surface area contributed by atoms with Crippen LogP contribution in [0.3, 0.4) is 0 Å². The van der Waals surface area contributed by atoms with Gasteiger partial charge in [-0.1, -0.05) is 37.3 Å². The third-order valence-electron chi connectivity index (χ3n) is 5.11. The Morgan fingerprint density at radius 3 is 2.33 bits per heavy atom. The van der Waals surface area contributed by atoms with Gasteiger partial charge in [0.15, 0.2) is 9.84 Å². The maximum atomic E-state index is 13.2. The number of aromatic nitrogens is 2. The van der Waals surface area contributed by atoms with Crippen molar-refractivity contribution in [2.45, 2.75) is 38.6 Å². The number of sulfone groups is 1. The fraction of sp³-hybridized carbons (Fsp3) is 0.304. The van der Waals surface area contributed by atoms with Crippen molar-refractivity contribution in [2.75, 3.05) is 12.8 Å². The van der Waals surface area contributed by atoms with Crippen molar-refractivity contribution in [3.63, 3.8) is 0 Å². The third-order valence-corrected chi connectivity index (χ3v) is 7.08. The molecule has 3 rings (SSSR count). The summed E-state index contributed by atoms with van der Waals surface area (Å²) in [5, 5.41) is 4.63. The molecule has 1 heterocycles. The van der Waals surface area contributed by atoms with E-state index in [9.17, 15) is 13.2 Å². The Labute approximate surface area is 178 Å². The van der Waals surface area contributed by atoms with E-state index >= 15 is 0 Å². The largest absolute Gasteiger partial charge is 0.337 e. The number of carbonyl (C=O) groups is 1. The van der Waals surface area contributed by atoms with Crippen LogP contribution < -0.4 is 0 Å². The molecule has 0 saturated carbocycles. The van der Waals surface area contributed by atoms with Gasteiger partial charge in [0.05, 0.1) is 27.6 Å². The molecule has 1 amide bonds. The predicted octanol–water partition coefficient (Wildman–Crippen LogP) is 3.95. The zero-order valence-corrected chi connectivity index (χ0v) is 18.6. The van der Waals surface area contributed by atoms with Gasteiger partial charge in [0.25, 0.3) is 5.91 Å². The topological polar surface area (TPSA) is 72.3 Å². The summed E-state index contributed by atoms with van der Waals surface area (Å²) in [6.45, 7) is 6.04. The fourth-order valence-electron chi connectivity index (χ4n) is 3.53. The van der Waals surface area contributed by atoms with Crippen molar-refractivity contribution in [2.24, 2.45) is 0 Å². The van der Waals surface area contributed by atoms with Crippen LogP contribution in [0.4, 0.5) is 0 Å². The first-order valence-corrected chi connectivity index (χ1v) is 11.6. The standard InChI is InChI=1S/C23H27N3O3S/c1-5-15-30(28,29)22-14-10-9-13-20(22)23(27)25(4)16-21-17(2)24-26(18(21)3)19-11-7-6-8-12-19/h6-14H,5,15-16H2,1-4H3. The summed E-state index contributed by atoms with van der Waals surface area (Å²) in [6.07, 6.45) is 0.498. The Balaban J connectivity index is 1.91. The lowest BCUT2D eigenvalue weighted by atomic mass is 10.1. The lowest BCUT2D eigenvalue weighted by molar-refractivity contribution is 0.0781. The van der Waals surface area contributed by atoms with Crippen LogP contribution in [0.15, 0.2) is 59.5 Å². The molecule has 0 atom stereocenters. The molecule has 0 aliphatic carbocycles. The molecule has 0 saturated heterocycles. The molecule has 0 bridgehead atoms. The van der Waals surface area contributed by atoms with Gasteiger partial charge >= 0.3 is 0 Å². The highest BCUT2D eigenvalue weighted by Crippen LogP contribution is 2.23. The van der Waals surface area contributed by atoms with Crippen molar-refractivity contribution < 1.29 is 13.2 Å². The number of benzene rings is 2. The SMILES string of the molecule is CCCS(=O)(=O)c1ccccc1C(=O)N(C)Cc1c(C)nn(-c2ccccc2)c1C. The zero-order valence-electron chi connectivity index (χ0n) is 17.8. The molecule has 0 aliphatic rings. The Hall–Kier alpha value is -2.93. The minimum atomic E-state index is -3.50. The first kappa shape index (κ1) is 21.8. The number of aryl methyl sites for hydroxylation is 1. The van der Waals surface area contributed by atoms with Crippen LogP contribution in [0.2, 0.25) is 0 Å². The second-order valence-electron chi connectivity index (χ2n) is 7.37. The van der Waals surface area contributed by atoms with Gasteiger partial charge in [-0.15, -0.1) is 0 Å². The number of nitrogens with zero attached hydrogens (tertiary/aromatic N) is 3. The smallest absolute Gasteiger partial charge is 0.255 e. The maximum absolute atomic E-state index is 13.2. The Kier molecular flexibility index (Phi) is 6.41. The van der Waals surface area contributed by atoms with E-state index in [1.807, 2.05) is 55.8 Å². The molecule has 7 heteroatoms. The monoisotopic (exact) mass is 425 g/mol. The Morgan fingerprint density at radius 2 is 1.67 bits per heavy atom. The molecule has 6 nitrogen and oxygen atoms in total. The van der Waals surface area contributed by atoms with Crippen LogP contribution in [-0.2, 0) is 16.4 Å². The second kappa shape index (κ2) is 8.83. The van der Waals surface area contributed by atoms with Gasteiger partial charge in [0.1, 0.15) is 0 Å². The van der Waals surface area contributed by atoms with Crippen LogP contribution in [-0.4, -0.2) is 41.8 Å². The van der Waals surface area contributed by atoms with Crippen LogP contribution in [0.1, 0.15) is 40.7 Å². The molecule has 3 aromatic rings. The van der Waals surface area contributed by atoms with E-state index in [4.69, 9.17) is 0 Å². The lowest BCUT2D eigenvalue weighted by Gasteiger charge is -2.19. The molecule has 0 radical (unpaired) electrons. The van der Waals surface area contributed by atoms with E-state index in [1.165, 1.54) is 6.07 Å². The van der Waals surface area contributed by atoms with Gasteiger partial charge in [-0.2, -0.15) is 5.10 Å². The number of amides is 1. The Morgan fingerprint density at radius 1 is 1.03 bits per heavy atom. The van der Waals surface area contributed by atoms with Crippen LogP contribution >= 0.6 is 0 Å². The average molecular weight is 426 g/mol. The fourth-order valence-corrected chi connectivity index (χ4v) is 5.07. The number of hydrogen-bond acceptors (Lipinski definition) is 4. The first-order valence-electron chi connectivity index (χ1n) is 9.94. The highest BCUT2D eigenvalue weighted by atomic mass is 32.2. The molecule has 158 valence electrons. The molecular weight excluding hydrogens is 398 g/mol. The highest BCUT2D eigenvalue weighted by Gasteiger charge is 2.24. The maximum Gasteiger partial charge on any atom is 0.255 e. The van der Waals surface area contributed by atoms with E-state index in [2.05, 4.69) is 5.10 Å². The molecule has 0 unspecified atom stereocenters. The minimum absolute atomic E-state index is 0.0169. The van der Waals surface area contributed by atoms with Crippen molar-refractivity contribution >= 4 is 15.7 Å². The number of hydrogen-bond donors (Lipinski definition) is 0. The lowest BCUT2D eigenvalue weighted by Crippen LogP contribution is -2.28. The van der Waals surface area contributed by atoms with Crippen molar-refractivity contribution in [1.29, 1.82) is 0 Å². The molecule has 0 fully saturated rings. The molecule has 2 aromatic carbocycles. The number of para-hydroxylation sites is 1. The number of rotatable bonds is 7. The summed E-state index contributed by atoms with van der Waals surface area (Å²) in [6, 6.07) is 16.2. The average Bonchev–Trinajstić information content (AvgIpc) is 3.02. The van der Waals surface area contributed by atoms with Gasteiger partial charge in [0, 0.05) is 24.8 Å². The molecule has 0 N–H and O–H groups in total. The summed E-state index contributed by atoms with van der Waals surface area (Å²) in [4.78, 5) is 14.8. The van der Waals surface area contributed by atoms with E-state index in [0.29, 0.717) is 13.0 Å².